The molecular weight excluding hydrogens is 631 g/mol. The van der Waals surface area contributed by atoms with Gasteiger partial charge in [0.15, 0.2) is 0 Å². The second-order valence-electron chi connectivity index (χ2n) is 10.6. The molecule has 2 aromatic heterocycles. The van der Waals surface area contributed by atoms with Crippen molar-refractivity contribution < 1.29 is 27.8 Å². The molecule has 0 saturated heterocycles. The largest absolute Gasteiger partial charge is 0.491 e. The van der Waals surface area contributed by atoms with Crippen LogP contribution in [0.25, 0.3) is 11.6 Å². The summed E-state index contributed by atoms with van der Waals surface area (Å²) in [5.41, 5.74) is 1.29. The minimum atomic E-state index is -4.64. The second kappa shape index (κ2) is 11.6. The summed E-state index contributed by atoms with van der Waals surface area (Å²) in [4.78, 5) is 33.9. The van der Waals surface area contributed by atoms with Crippen LogP contribution in [0.1, 0.15) is 52.4 Å². The van der Waals surface area contributed by atoms with E-state index in [2.05, 4.69) is 21.0 Å². The van der Waals surface area contributed by atoms with E-state index in [1.807, 2.05) is 19.9 Å². The van der Waals surface area contributed by atoms with Gasteiger partial charge in [0, 0.05) is 27.3 Å². The van der Waals surface area contributed by atoms with Crippen LogP contribution in [0.4, 0.5) is 13.2 Å². The summed E-state index contributed by atoms with van der Waals surface area (Å²) in [6.07, 6.45) is -5.13. The SMILES string of the molecule is Cc1cc(C)n(-c2nc3c(c(=O)n2-c2ccc(OC[C@@H](C)O)cc2)C[C@@H](C)N(C(=O)c2ccc(Br)c(C(F)(F)F)c2)C3)n1. The molecule has 0 radical (unpaired) electrons. The Kier molecular flexibility index (Phi) is 8.23. The number of carbonyl (C=O) groups is 1. The number of hydrogen-bond acceptors (Lipinski definition) is 6. The van der Waals surface area contributed by atoms with E-state index < -0.39 is 29.8 Å². The Balaban J connectivity index is 1.58. The lowest BCUT2D eigenvalue weighted by molar-refractivity contribution is -0.138. The van der Waals surface area contributed by atoms with Crippen LogP contribution in [-0.2, 0) is 19.1 Å². The van der Waals surface area contributed by atoms with E-state index in [1.165, 1.54) is 21.6 Å². The molecule has 0 saturated carbocycles. The minimum Gasteiger partial charge on any atom is -0.491 e. The third-order valence-electron chi connectivity index (χ3n) is 7.16. The lowest BCUT2D eigenvalue weighted by Gasteiger charge is -2.34. The highest BCUT2D eigenvalue weighted by molar-refractivity contribution is 9.10. The molecule has 4 aromatic rings. The number of ether oxygens (including phenoxy) is 1. The summed E-state index contributed by atoms with van der Waals surface area (Å²) < 4.78 is 49.0. The molecule has 1 N–H and O–H groups in total. The third-order valence-corrected chi connectivity index (χ3v) is 7.85. The molecule has 1 aliphatic heterocycles. The highest BCUT2D eigenvalue weighted by Crippen LogP contribution is 2.36. The maximum atomic E-state index is 14.1. The molecule has 1 aliphatic rings. The van der Waals surface area contributed by atoms with E-state index in [-0.39, 0.29) is 41.1 Å². The van der Waals surface area contributed by atoms with Gasteiger partial charge >= 0.3 is 6.18 Å². The number of aliphatic hydroxyl groups excluding tert-OH is 1. The van der Waals surface area contributed by atoms with Gasteiger partial charge in [0.2, 0.25) is 5.95 Å². The molecular formula is C30H29BrF3N5O4. The summed E-state index contributed by atoms with van der Waals surface area (Å²) in [7, 11) is 0. The number of amides is 1. The molecule has 226 valence electrons. The third kappa shape index (κ3) is 6.09. The van der Waals surface area contributed by atoms with Gasteiger partial charge in [-0.15, -0.1) is 0 Å². The van der Waals surface area contributed by atoms with Crippen LogP contribution in [0.15, 0.2) is 57.8 Å². The number of benzene rings is 2. The topological polar surface area (TPSA) is 102 Å². The van der Waals surface area contributed by atoms with E-state index >= 15 is 0 Å². The van der Waals surface area contributed by atoms with Crippen LogP contribution in [-0.4, -0.2) is 54.0 Å². The monoisotopic (exact) mass is 659 g/mol. The molecule has 0 aliphatic carbocycles. The van der Waals surface area contributed by atoms with Crippen molar-refractivity contribution in [3.8, 4) is 17.4 Å². The highest BCUT2D eigenvalue weighted by Gasteiger charge is 2.36. The zero-order valence-corrected chi connectivity index (χ0v) is 25.4. The first-order valence-corrected chi connectivity index (χ1v) is 14.3. The smallest absolute Gasteiger partial charge is 0.417 e. The van der Waals surface area contributed by atoms with Crippen molar-refractivity contribution in [1.82, 2.24) is 24.2 Å². The predicted molar refractivity (Wildman–Crippen MR) is 156 cm³/mol. The van der Waals surface area contributed by atoms with Crippen LogP contribution < -0.4 is 10.3 Å². The molecule has 0 unspecified atom stereocenters. The Morgan fingerprint density at radius 1 is 1.16 bits per heavy atom. The van der Waals surface area contributed by atoms with Gasteiger partial charge in [0.05, 0.1) is 35.3 Å². The van der Waals surface area contributed by atoms with Crippen molar-refractivity contribution in [3.63, 3.8) is 0 Å². The first-order valence-electron chi connectivity index (χ1n) is 13.5. The Morgan fingerprint density at radius 2 is 1.86 bits per heavy atom. The van der Waals surface area contributed by atoms with Crippen LogP contribution >= 0.6 is 15.9 Å². The number of aryl methyl sites for hydroxylation is 2. The zero-order valence-electron chi connectivity index (χ0n) is 23.8. The Hall–Kier alpha value is -3.97. The van der Waals surface area contributed by atoms with Gasteiger partial charge in [-0.3, -0.25) is 9.59 Å². The molecule has 0 fully saturated rings. The van der Waals surface area contributed by atoms with Crippen LogP contribution in [0.3, 0.4) is 0 Å². The molecule has 0 spiro atoms. The number of alkyl halides is 3. The maximum Gasteiger partial charge on any atom is 0.417 e. The Labute approximate surface area is 253 Å². The zero-order chi connectivity index (χ0) is 31.2. The van der Waals surface area contributed by atoms with E-state index in [9.17, 15) is 27.9 Å². The van der Waals surface area contributed by atoms with E-state index in [0.717, 1.165) is 11.8 Å². The molecule has 2 aromatic carbocycles. The van der Waals surface area contributed by atoms with Crippen LogP contribution in [0.5, 0.6) is 5.75 Å². The number of halogens is 4. The number of aliphatic hydroxyl groups is 1. The maximum absolute atomic E-state index is 14.1. The van der Waals surface area contributed by atoms with Gasteiger partial charge in [-0.25, -0.2) is 14.2 Å². The molecule has 5 rings (SSSR count). The number of hydrogen-bond donors (Lipinski definition) is 1. The fourth-order valence-corrected chi connectivity index (χ4v) is 5.55. The average molecular weight is 660 g/mol. The molecule has 0 bridgehead atoms. The van der Waals surface area contributed by atoms with Crippen molar-refractivity contribution in [3.05, 3.63) is 97.1 Å². The van der Waals surface area contributed by atoms with E-state index in [4.69, 9.17) is 9.72 Å². The summed E-state index contributed by atoms with van der Waals surface area (Å²) in [6.45, 7) is 7.04. The van der Waals surface area contributed by atoms with Crippen LogP contribution in [0, 0.1) is 13.8 Å². The fraction of sp³-hybridized carbons (Fsp3) is 0.333. The van der Waals surface area contributed by atoms with Crippen LogP contribution in [0.2, 0.25) is 0 Å². The van der Waals surface area contributed by atoms with Gasteiger partial charge in [-0.2, -0.15) is 18.3 Å². The van der Waals surface area contributed by atoms with Gasteiger partial charge in [0.1, 0.15) is 12.4 Å². The molecule has 13 heteroatoms. The predicted octanol–water partition coefficient (Wildman–Crippen LogP) is 5.16. The molecule has 43 heavy (non-hydrogen) atoms. The van der Waals surface area contributed by atoms with Crippen molar-refractivity contribution in [1.29, 1.82) is 0 Å². The molecule has 9 nitrogen and oxygen atoms in total. The molecule has 1 amide bonds. The first-order chi connectivity index (χ1) is 20.2. The molecule has 2 atom stereocenters. The van der Waals surface area contributed by atoms with Crippen molar-refractivity contribution in [2.24, 2.45) is 0 Å². The number of fused-ring (bicyclic) bond motifs is 1. The summed E-state index contributed by atoms with van der Waals surface area (Å²) in [6, 6.07) is 11.5. The number of rotatable bonds is 6. The van der Waals surface area contributed by atoms with E-state index in [0.29, 0.717) is 28.4 Å². The number of nitrogens with zero attached hydrogens (tertiary/aromatic N) is 5. The van der Waals surface area contributed by atoms with Gasteiger partial charge in [-0.1, -0.05) is 15.9 Å². The number of aromatic nitrogens is 4. The summed E-state index contributed by atoms with van der Waals surface area (Å²) in [5, 5.41) is 14.1. The molecule has 3 heterocycles. The second-order valence-corrected chi connectivity index (χ2v) is 11.5. The highest BCUT2D eigenvalue weighted by atomic mass is 79.9. The van der Waals surface area contributed by atoms with Gasteiger partial charge in [0.25, 0.3) is 11.5 Å². The summed E-state index contributed by atoms with van der Waals surface area (Å²) in [5.74, 6) is 0.125. The van der Waals surface area contributed by atoms with Crippen molar-refractivity contribution in [2.75, 3.05) is 6.61 Å². The summed E-state index contributed by atoms with van der Waals surface area (Å²) >= 11 is 2.92. The van der Waals surface area contributed by atoms with Crippen molar-refractivity contribution in [2.45, 2.75) is 59.0 Å². The first kappa shape index (κ1) is 30.5. The standard InChI is InChI=1S/C30H29BrF3N5O4/c1-16-11-18(3)39(36-16)29-35-26-14-37(27(41)20-5-10-25(31)24(13-20)30(32,33)34)17(2)12-23(26)28(42)38(29)21-6-8-22(9-7-21)43-15-19(4)40/h5-11,13,17,19,40H,12,14-15H2,1-4H3/t17-,19-/m1/s1. The van der Waals surface area contributed by atoms with Crippen molar-refractivity contribution >= 4 is 21.8 Å². The average Bonchev–Trinajstić information content (AvgIpc) is 3.28. The Morgan fingerprint density at radius 3 is 2.47 bits per heavy atom. The fourth-order valence-electron chi connectivity index (χ4n) is 5.07. The van der Waals surface area contributed by atoms with Gasteiger partial charge < -0.3 is 14.7 Å². The van der Waals surface area contributed by atoms with Gasteiger partial charge in [-0.05, 0) is 82.6 Å². The minimum absolute atomic E-state index is 0.0682. The number of carbonyl (C=O) groups excluding carboxylic acids is 1. The quantitative estimate of drug-likeness (QED) is 0.307. The lowest BCUT2D eigenvalue weighted by atomic mass is 9.98. The van der Waals surface area contributed by atoms with E-state index in [1.54, 1.807) is 42.8 Å². The normalized spacial score (nSPS) is 15.7. The lowest BCUT2D eigenvalue weighted by Crippen LogP contribution is -2.46. The Bertz CT molecular complexity index is 1750.